The van der Waals surface area contributed by atoms with E-state index in [4.69, 9.17) is 0 Å². The van der Waals surface area contributed by atoms with Crippen LogP contribution in [0.1, 0.15) is 42.1 Å². The summed E-state index contributed by atoms with van der Waals surface area (Å²) in [5.41, 5.74) is 3.19. The van der Waals surface area contributed by atoms with Gasteiger partial charge in [0, 0.05) is 48.9 Å². The molecule has 6 heteroatoms. The molecule has 2 heterocycles. The molecule has 0 aromatic heterocycles. The van der Waals surface area contributed by atoms with Crippen molar-refractivity contribution in [3.63, 3.8) is 0 Å². The van der Waals surface area contributed by atoms with Gasteiger partial charge in [0.15, 0.2) is 0 Å². The van der Waals surface area contributed by atoms with Gasteiger partial charge in [-0.1, -0.05) is 24.3 Å². The zero-order chi connectivity index (χ0) is 19.7. The van der Waals surface area contributed by atoms with E-state index in [1.807, 2.05) is 55.5 Å². The van der Waals surface area contributed by atoms with E-state index >= 15 is 0 Å². The predicted octanol–water partition coefficient (Wildman–Crippen LogP) is 3.19. The summed E-state index contributed by atoms with van der Waals surface area (Å²) in [6.45, 7) is 2.95. The number of amides is 3. The van der Waals surface area contributed by atoms with Crippen LogP contribution in [0.25, 0.3) is 0 Å². The molecule has 0 radical (unpaired) electrons. The third kappa shape index (κ3) is 3.50. The molecule has 0 saturated carbocycles. The van der Waals surface area contributed by atoms with Crippen LogP contribution in [-0.2, 0) is 16.1 Å². The van der Waals surface area contributed by atoms with Crippen molar-refractivity contribution in [1.82, 2.24) is 4.90 Å². The van der Waals surface area contributed by atoms with Crippen molar-refractivity contribution in [2.24, 2.45) is 0 Å². The Morgan fingerprint density at radius 3 is 2.71 bits per heavy atom. The molecule has 28 heavy (non-hydrogen) atoms. The number of nitrogens with zero attached hydrogens (tertiary/aromatic N) is 2. The minimum Gasteiger partial charge on any atom is -0.334 e. The van der Waals surface area contributed by atoms with Crippen LogP contribution < -0.4 is 10.2 Å². The van der Waals surface area contributed by atoms with Crippen molar-refractivity contribution < 1.29 is 14.4 Å². The molecule has 1 atom stereocenters. The first-order valence-corrected chi connectivity index (χ1v) is 9.62. The van der Waals surface area contributed by atoms with Crippen molar-refractivity contribution in [1.29, 1.82) is 0 Å². The van der Waals surface area contributed by atoms with Crippen molar-refractivity contribution in [3.8, 4) is 0 Å². The first-order chi connectivity index (χ1) is 13.5. The van der Waals surface area contributed by atoms with Gasteiger partial charge in [-0.05, 0) is 43.2 Å². The van der Waals surface area contributed by atoms with Gasteiger partial charge in [0.1, 0.15) is 0 Å². The van der Waals surface area contributed by atoms with E-state index in [9.17, 15) is 14.4 Å². The normalized spacial score (nSPS) is 18.5. The van der Waals surface area contributed by atoms with Gasteiger partial charge >= 0.3 is 0 Å². The van der Waals surface area contributed by atoms with Gasteiger partial charge in [-0.3, -0.25) is 14.4 Å². The first-order valence-electron chi connectivity index (χ1n) is 9.62. The number of fused-ring (bicyclic) bond motifs is 1. The average Bonchev–Trinajstić information content (AvgIpc) is 3.19. The predicted molar refractivity (Wildman–Crippen MR) is 107 cm³/mol. The minimum absolute atomic E-state index is 0.0214. The second kappa shape index (κ2) is 7.46. The van der Waals surface area contributed by atoms with Gasteiger partial charge in [0.05, 0.1) is 0 Å². The van der Waals surface area contributed by atoms with Crippen molar-refractivity contribution in [2.45, 2.75) is 38.8 Å². The van der Waals surface area contributed by atoms with Crippen molar-refractivity contribution in [3.05, 3.63) is 59.7 Å². The monoisotopic (exact) mass is 377 g/mol. The smallest absolute Gasteiger partial charge is 0.254 e. The van der Waals surface area contributed by atoms with E-state index in [1.54, 1.807) is 9.80 Å². The van der Waals surface area contributed by atoms with Crippen LogP contribution in [0.2, 0.25) is 0 Å². The van der Waals surface area contributed by atoms with Crippen LogP contribution in [-0.4, -0.2) is 35.2 Å². The fourth-order valence-corrected chi connectivity index (χ4v) is 3.91. The Balaban J connectivity index is 1.35. The Morgan fingerprint density at radius 1 is 1.14 bits per heavy atom. The van der Waals surface area contributed by atoms with E-state index < -0.39 is 0 Å². The van der Waals surface area contributed by atoms with Crippen molar-refractivity contribution in [2.75, 3.05) is 16.8 Å². The number of benzene rings is 2. The number of carbonyl (C=O) groups is 3. The van der Waals surface area contributed by atoms with E-state index in [-0.39, 0.29) is 30.2 Å². The molecular weight excluding hydrogens is 354 g/mol. The third-order valence-electron chi connectivity index (χ3n) is 5.40. The summed E-state index contributed by atoms with van der Waals surface area (Å²) in [5, 5.41) is 2.88. The number of hydrogen-bond donors (Lipinski definition) is 1. The topological polar surface area (TPSA) is 69.7 Å². The zero-order valence-corrected chi connectivity index (χ0v) is 15.9. The van der Waals surface area contributed by atoms with Gasteiger partial charge in [-0.15, -0.1) is 0 Å². The van der Waals surface area contributed by atoms with Gasteiger partial charge < -0.3 is 15.1 Å². The van der Waals surface area contributed by atoms with Gasteiger partial charge in [-0.25, -0.2) is 0 Å². The molecule has 2 aliphatic rings. The van der Waals surface area contributed by atoms with E-state index in [0.29, 0.717) is 25.2 Å². The summed E-state index contributed by atoms with van der Waals surface area (Å²) >= 11 is 0. The van der Waals surface area contributed by atoms with Crippen molar-refractivity contribution >= 4 is 29.1 Å². The Bertz CT molecular complexity index is 940. The second-order valence-corrected chi connectivity index (χ2v) is 7.38. The lowest BCUT2D eigenvalue weighted by Gasteiger charge is -2.22. The Hall–Kier alpha value is -3.15. The van der Waals surface area contributed by atoms with Crippen LogP contribution in [0.4, 0.5) is 11.4 Å². The fraction of sp³-hybridized carbons (Fsp3) is 0.318. The van der Waals surface area contributed by atoms with Crippen LogP contribution in [0.15, 0.2) is 48.5 Å². The van der Waals surface area contributed by atoms with Crippen LogP contribution in [0.3, 0.4) is 0 Å². The van der Waals surface area contributed by atoms with Crippen LogP contribution >= 0.6 is 0 Å². The Morgan fingerprint density at radius 2 is 1.96 bits per heavy atom. The number of nitrogens with one attached hydrogen (secondary N) is 1. The minimum atomic E-state index is -0.151. The molecule has 1 N–H and O–H groups in total. The number of hydrogen-bond acceptors (Lipinski definition) is 3. The molecule has 1 unspecified atom stereocenters. The lowest BCUT2D eigenvalue weighted by atomic mass is 10.1. The number of carbonyl (C=O) groups excluding carboxylic acids is 3. The molecule has 1 fully saturated rings. The highest BCUT2D eigenvalue weighted by Crippen LogP contribution is 2.28. The van der Waals surface area contributed by atoms with Gasteiger partial charge in [0.25, 0.3) is 5.91 Å². The zero-order valence-electron chi connectivity index (χ0n) is 15.9. The lowest BCUT2D eigenvalue weighted by molar-refractivity contribution is -0.117. The summed E-state index contributed by atoms with van der Waals surface area (Å²) in [5.74, 6) is -0.0586. The molecule has 0 aliphatic carbocycles. The number of rotatable bonds is 5. The molecule has 0 bridgehead atoms. The summed E-state index contributed by atoms with van der Waals surface area (Å²) in [6, 6.07) is 15.1. The quantitative estimate of drug-likeness (QED) is 0.870. The first kappa shape index (κ1) is 18.2. The highest BCUT2D eigenvalue weighted by molar-refractivity contribution is 5.99. The summed E-state index contributed by atoms with van der Waals surface area (Å²) < 4.78 is 0. The molecule has 1 saturated heterocycles. The molecule has 2 aliphatic heterocycles. The maximum atomic E-state index is 12.4. The SMILES string of the molecule is CC1CCC(=O)N1c1cccc(NC(=O)CCN2Cc3ccccc3C2=O)c1. The standard InChI is InChI=1S/C22H23N3O3/c1-15-9-10-21(27)25(15)18-7-4-6-17(13-18)23-20(26)11-12-24-14-16-5-2-3-8-19(16)22(24)28/h2-8,13,15H,9-12,14H2,1H3,(H,23,26). The molecule has 6 nitrogen and oxygen atoms in total. The molecule has 4 rings (SSSR count). The average molecular weight is 377 g/mol. The molecule has 144 valence electrons. The molecule has 2 aromatic carbocycles. The number of anilines is 2. The Labute approximate surface area is 164 Å². The lowest BCUT2D eigenvalue weighted by Crippen LogP contribution is -2.30. The maximum absolute atomic E-state index is 12.4. The molecular formula is C22H23N3O3. The van der Waals surface area contributed by atoms with E-state index in [0.717, 1.165) is 23.2 Å². The highest BCUT2D eigenvalue weighted by atomic mass is 16.2. The molecule has 3 amide bonds. The molecule has 2 aromatic rings. The summed E-state index contributed by atoms with van der Waals surface area (Å²) in [6.07, 6.45) is 1.63. The second-order valence-electron chi connectivity index (χ2n) is 7.38. The van der Waals surface area contributed by atoms with Gasteiger partial charge in [-0.2, -0.15) is 0 Å². The van der Waals surface area contributed by atoms with E-state index in [2.05, 4.69) is 5.32 Å². The van der Waals surface area contributed by atoms with E-state index in [1.165, 1.54) is 0 Å². The molecule has 0 spiro atoms. The fourth-order valence-electron chi connectivity index (χ4n) is 3.91. The Kier molecular flexibility index (Phi) is 4.86. The van der Waals surface area contributed by atoms with Crippen LogP contribution in [0, 0.1) is 0 Å². The maximum Gasteiger partial charge on any atom is 0.254 e. The summed E-state index contributed by atoms with van der Waals surface area (Å²) in [7, 11) is 0. The largest absolute Gasteiger partial charge is 0.334 e. The summed E-state index contributed by atoms with van der Waals surface area (Å²) in [4.78, 5) is 40.3. The van der Waals surface area contributed by atoms with Crippen LogP contribution in [0.5, 0.6) is 0 Å². The van der Waals surface area contributed by atoms with Gasteiger partial charge in [0.2, 0.25) is 11.8 Å². The highest BCUT2D eigenvalue weighted by Gasteiger charge is 2.29. The third-order valence-corrected chi connectivity index (χ3v) is 5.40.